The Kier molecular flexibility index (Phi) is 3.14. The number of ether oxygens (including phenoxy) is 1. The van der Waals surface area contributed by atoms with E-state index < -0.39 is 11.8 Å². The molecule has 2 rings (SSSR count). The first-order valence-electron chi connectivity index (χ1n) is 5.25. The summed E-state index contributed by atoms with van der Waals surface area (Å²) in [4.78, 5) is 12.6. The molecule has 1 heterocycles. The first-order valence-corrected chi connectivity index (χ1v) is 5.25. The molecule has 0 saturated carbocycles. The Labute approximate surface area is 97.6 Å². The quantitative estimate of drug-likeness (QED) is 0.752. The van der Waals surface area contributed by atoms with Crippen LogP contribution in [-0.2, 0) is 4.74 Å². The average molecular weight is 240 g/mol. The van der Waals surface area contributed by atoms with Crippen LogP contribution in [0.25, 0.3) is 0 Å². The number of nitrogens with zero attached hydrogens (tertiary/aromatic N) is 1. The summed E-state index contributed by atoms with van der Waals surface area (Å²) in [5, 5.41) is 8.81. The molecule has 92 valence electrons. The summed E-state index contributed by atoms with van der Waals surface area (Å²) >= 11 is 0. The number of rotatable bonds is 2. The highest BCUT2D eigenvalue weighted by Gasteiger charge is 2.20. The fraction of sp³-hybridized carbons (Fsp3) is 0.364. The Bertz CT molecular complexity index is 445. The third kappa shape index (κ3) is 2.16. The zero-order chi connectivity index (χ0) is 12.4. The van der Waals surface area contributed by atoms with Gasteiger partial charge >= 0.3 is 5.97 Å². The third-order valence-corrected chi connectivity index (χ3v) is 2.74. The normalized spacial score (nSPS) is 15.9. The van der Waals surface area contributed by atoms with Gasteiger partial charge in [-0.1, -0.05) is 0 Å². The SMILES string of the molecule is Nc1c(C(=O)O)ccc(N2CCOCC2)c1F. The van der Waals surface area contributed by atoms with Crippen molar-refractivity contribution in [2.75, 3.05) is 36.9 Å². The van der Waals surface area contributed by atoms with Gasteiger partial charge in [-0.25, -0.2) is 9.18 Å². The van der Waals surface area contributed by atoms with Crippen molar-refractivity contribution in [2.45, 2.75) is 0 Å². The summed E-state index contributed by atoms with van der Waals surface area (Å²) in [6.07, 6.45) is 0. The van der Waals surface area contributed by atoms with Crippen molar-refractivity contribution in [3.05, 3.63) is 23.5 Å². The molecule has 5 nitrogen and oxygen atoms in total. The molecule has 0 atom stereocenters. The number of hydrogen-bond donors (Lipinski definition) is 2. The minimum Gasteiger partial charge on any atom is -0.478 e. The predicted molar refractivity (Wildman–Crippen MR) is 60.8 cm³/mol. The Hall–Kier alpha value is -1.82. The van der Waals surface area contributed by atoms with E-state index in [2.05, 4.69) is 0 Å². The second kappa shape index (κ2) is 4.58. The Morgan fingerprint density at radius 3 is 2.65 bits per heavy atom. The lowest BCUT2D eigenvalue weighted by molar-refractivity contribution is 0.0697. The van der Waals surface area contributed by atoms with Crippen LogP contribution < -0.4 is 10.6 Å². The van der Waals surface area contributed by atoms with E-state index in [0.717, 1.165) is 0 Å². The molecule has 0 radical (unpaired) electrons. The number of carboxylic acid groups (broad SMARTS) is 1. The van der Waals surface area contributed by atoms with Crippen molar-refractivity contribution < 1.29 is 19.0 Å². The van der Waals surface area contributed by atoms with Gasteiger partial charge in [0.1, 0.15) is 0 Å². The van der Waals surface area contributed by atoms with E-state index in [4.69, 9.17) is 15.6 Å². The highest BCUT2D eigenvalue weighted by Crippen LogP contribution is 2.27. The van der Waals surface area contributed by atoms with Crippen LogP contribution in [0, 0.1) is 5.82 Å². The molecule has 1 aromatic carbocycles. The van der Waals surface area contributed by atoms with Crippen LogP contribution in [-0.4, -0.2) is 37.4 Å². The van der Waals surface area contributed by atoms with E-state index in [1.165, 1.54) is 12.1 Å². The highest BCUT2D eigenvalue weighted by atomic mass is 19.1. The van der Waals surface area contributed by atoms with Gasteiger partial charge in [-0.15, -0.1) is 0 Å². The van der Waals surface area contributed by atoms with Crippen molar-refractivity contribution in [3.63, 3.8) is 0 Å². The van der Waals surface area contributed by atoms with Gasteiger partial charge in [0.2, 0.25) is 0 Å². The number of morpholine rings is 1. The van der Waals surface area contributed by atoms with Crippen molar-refractivity contribution in [1.29, 1.82) is 0 Å². The van der Waals surface area contributed by atoms with E-state index in [-0.39, 0.29) is 11.3 Å². The number of nitrogens with two attached hydrogens (primary N) is 1. The summed E-state index contributed by atoms with van der Waals surface area (Å²) in [5.41, 5.74) is 5.28. The molecule has 0 amide bonds. The second-order valence-electron chi connectivity index (χ2n) is 3.76. The van der Waals surface area contributed by atoms with Gasteiger partial charge in [0.25, 0.3) is 0 Å². The van der Waals surface area contributed by atoms with E-state index in [0.29, 0.717) is 32.0 Å². The molecule has 1 aliphatic rings. The Morgan fingerprint density at radius 1 is 1.41 bits per heavy atom. The molecule has 0 unspecified atom stereocenters. The van der Waals surface area contributed by atoms with Crippen LogP contribution in [0.1, 0.15) is 10.4 Å². The van der Waals surface area contributed by atoms with E-state index >= 15 is 0 Å². The summed E-state index contributed by atoms with van der Waals surface area (Å²) in [6, 6.07) is 2.77. The van der Waals surface area contributed by atoms with Crippen molar-refractivity contribution in [3.8, 4) is 0 Å². The van der Waals surface area contributed by atoms with Gasteiger partial charge in [-0.3, -0.25) is 0 Å². The minimum atomic E-state index is -1.23. The summed E-state index contributed by atoms with van der Waals surface area (Å²) < 4.78 is 19.1. The maximum Gasteiger partial charge on any atom is 0.337 e. The second-order valence-corrected chi connectivity index (χ2v) is 3.76. The Morgan fingerprint density at radius 2 is 2.06 bits per heavy atom. The summed E-state index contributed by atoms with van der Waals surface area (Å²) in [5.74, 6) is -1.90. The number of hydrogen-bond acceptors (Lipinski definition) is 4. The van der Waals surface area contributed by atoms with E-state index in [9.17, 15) is 9.18 Å². The lowest BCUT2D eigenvalue weighted by Gasteiger charge is -2.29. The van der Waals surface area contributed by atoms with Gasteiger partial charge in [0, 0.05) is 13.1 Å². The molecular weight excluding hydrogens is 227 g/mol. The van der Waals surface area contributed by atoms with E-state index in [1.54, 1.807) is 4.90 Å². The lowest BCUT2D eigenvalue weighted by atomic mass is 10.1. The number of benzene rings is 1. The Balaban J connectivity index is 2.36. The summed E-state index contributed by atoms with van der Waals surface area (Å²) in [6.45, 7) is 2.20. The summed E-state index contributed by atoms with van der Waals surface area (Å²) in [7, 11) is 0. The van der Waals surface area contributed by atoms with Gasteiger partial charge < -0.3 is 20.5 Å². The molecule has 0 bridgehead atoms. The third-order valence-electron chi connectivity index (χ3n) is 2.74. The van der Waals surface area contributed by atoms with Crippen LogP contribution >= 0.6 is 0 Å². The number of anilines is 2. The maximum absolute atomic E-state index is 13.9. The van der Waals surface area contributed by atoms with Crippen molar-refractivity contribution >= 4 is 17.3 Å². The maximum atomic E-state index is 13.9. The fourth-order valence-corrected chi connectivity index (χ4v) is 1.82. The molecule has 1 aliphatic heterocycles. The van der Waals surface area contributed by atoms with Crippen LogP contribution in [0.4, 0.5) is 15.8 Å². The molecule has 0 spiro atoms. The number of carboxylic acids is 1. The highest BCUT2D eigenvalue weighted by molar-refractivity contribution is 5.94. The molecule has 17 heavy (non-hydrogen) atoms. The molecule has 1 aromatic rings. The molecule has 0 aromatic heterocycles. The zero-order valence-electron chi connectivity index (χ0n) is 9.15. The molecule has 1 saturated heterocycles. The number of halogens is 1. The molecule has 0 aliphatic carbocycles. The smallest absolute Gasteiger partial charge is 0.337 e. The van der Waals surface area contributed by atoms with Crippen molar-refractivity contribution in [2.24, 2.45) is 0 Å². The molecular formula is C11H13FN2O3. The van der Waals surface area contributed by atoms with Crippen LogP contribution in [0.15, 0.2) is 12.1 Å². The topological polar surface area (TPSA) is 75.8 Å². The molecule has 6 heteroatoms. The standard InChI is InChI=1S/C11H13FN2O3/c12-9-8(14-3-5-17-6-4-14)2-1-7(10(9)13)11(15)16/h1-2H,3-6,13H2,(H,15,16). The average Bonchev–Trinajstić information content (AvgIpc) is 2.33. The number of carbonyl (C=O) groups is 1. The molecule has 1 fully saturated rings. The van der Waals surface area contributed by atoms with Crippen molar-refractivity contribution in [1.82, 2.24) is 0 Å². The molecule has 3 N–H and O–H groups in total. The predicted octanol–water partition coefficient (Wildman–Crippen LogP) is 0.943. The van der Waals surface area contributed by atoms with Gasteiger partial charge in [0.05, 0.1) is 30.2 Å². The van der Waals surface area contributed by atoms with E-state index in [1.807, 2.05) is 0 Å². The van der Waals surface area contributed by atoms with Gasteiger partial charge in [0.15, 0.2) is 5.82 Å². The first-order chi connectivity index (χ1) is 8.11. The van der Waals surface area contributed by atoms with Crippen LogP contribution in [0.3, 0.4) is 0 Å². The van der Waals surface area contributed by atoms with Gasteiger partial charge in [-0.05, 0) is 12.1 Å². The zero-order valence-corrected chi connectivity index (χ0v) is 9.15. The fourth-order valence-electron chi connectivity index (χ4n) is 1.82. The van der Waals surface area contributed by atoms with Crippen LogP contribution in [0.5, 0.6) is 0 Å². The largest absolute Gasteiger partial charge is 0.478 e. The van der Waals surface area contributed by atoms with Gasteiger partial charge in [-0.2, -0.15) is 0 Å². The van der Waals surface area contributed by atoms with Crippen LogP contribution in [0.2, 0.25) is 0 Å². The number of nitrogen functional groups attached to an aromatic ring is 1. The first kappa shape index (κ1) is 11.7. The lowest BCUT2D eigenvalue weighted by Crippen LogP contribution is -2.37. The minimum absolute atomic E-state index is 0.209. The number of aromatic carboxylic acids is 1. The monoisotopic (exact) mass is 240 g/mol.